The van der Waals surface area contributed by atoms with E-state index < -0.39 is 4.92 Å². The third-order valence-corrected chi connectivity index (χ3v) is 2.92. The molecule has 0 amide bonds. The molecule has 2 aromatic rings. The largest absolute Gasteiger partial charge is 0.487 e. The first-order chi connectivity index (χ1) is 10.1. The average molecular weight is 308 g/mol. The monoisotopic (exact) mass is 307 g/mol. The summed E-state index contributed by atoms with van der Waals surface area (Å²) < 4.78 is 5.56. The van der Waals surface area contributed by atoms with Gasteiger partial charge in [-0.3, -0.25) is 15.1 Å². The van der Waals surface area contributed by atoms with E-state index in [1.165, 1.54) is 12.3 Å². The molecule has 0 atom stereocenters. The summed E-state index contributed by atoms with van der Waals surface area (Å²) in [6, 6.07) is 6.49. The van der Waals surface area contributed by atoms with Crippen LogP contribution in [0.3, 0.4) is 0 Å². The first kappa shape index (κ1) is 15.1. The molecular formula is C14H14ClN3O3. The van der Waals surface area contributed by atoms with Gasteiger partial charge in [-0.05, 0) is 24.6 Å². The number of hydrogen-bond donors (Lipinski definition) is 1. The second kappa shape index (κ2) is 6.90. The molecule has 1 aromatic heterocycles. The van der Waals surface area contributed by atoms with E-state index in [9.17, 15) is 10.1 Å². The van der Waals surface area contributed by atoms with Crippen molar-refractivity contribution in [2.45, 2.75) is 13.5 Å². The quantitative estimate of drug-likeness (QED) is 0.651. The van der Waals surface area contributed by atoms with Crippen LogP contribution >= 0.6 is 11.6 Å². The number of nitrogens with one attached hydrogen (secondary N) is 1. The van der Waals surface area contributed by atoms with Crippen LogP contribution in [-0.4, -0.2) is 16.5 Å². The number of halogens is 1. The van der Waals surface area contributed by atoms with E-state index in [4.69, 9.17) is 16.3 Å². The van der Waals surface area contributed by atoms with Gasteiger partial charge in [0.2, 0.25) is 0 Å². The molecule has 1 aromatic carbocycles. The average Bonchev–Trinajstić information content (AvgIpc) is 2.45. The molecule has 110 valence electrons. The van der Waals surface area contributed by atoms with Crippen LogP contribution in [0.5, 0.6) is 5.75 Å². The van der Waals surface area contributed by atoms with Crippen molar-refractivity contribution in [3.63, 3.8) is 0 Å². The highest BCUT2D eigenvalue weighted by Gasteiger charge is 2.13. The summed E-state index contributed by atoms with van der Waals surface area (Å²) in [5.41, 5.74) is 1.34. The number of nitro benzene ring substituents is 1. The minimum atomic E-state index is -0.413. The first-order valence-corrected chi connectivity index (χ1v) is 6.72. The molecule has 6 nitrogen and oxygen atoms in total. The third-order valence-electron chi connectivity index (χ3n) is 2.71. The van der Waals surface area contributed by atoms with Crippen molar-refractivity contribution < 1.29 is 9.66 Å². The SMILES string of the molecule is CCNc1cc(COc2cncc(Cl)c2)ccc1[N+](=O)[O-]. The summed E-state index contributed by atoms with van der Waals surface area (Å²) in [6.07, 6.45) is 3.08. The minimum absolute atomic E-state index is 0.0463. The van der Waals surface area contributed by atoms with E-state index in [-0.39, 0.29) is 12.3 Å². The number of hydrogen-bond acceptors (Lipinski definition) is 5. The van der Waals surface area contributed by atoms with Crippen molar-refractivity contribution in [1.29, 1.82) is 0 Å². The van der Waals surface area contributed by atoms with Gasteiger partial charge in [-0.25, -0.2) is 0 Å². The van der Waals surface area contributed by atoms with Gasteiger partial charge in [0.1, 0.15) is 18.0 Å². The molecule has 0 aliphatic carbocycles. The maximum atomic E-state index is 10.9. The highest BCUT2D eigenvalue weighted by Crippen LogP contribution is 2.26. The van der Waals surface area contributed by atoms with Crippen LogP contribution in [-0.2, 0) is 6.61 Å². The lowest BCUT2D eigenvalue weighted by Gasteiger charge is -2.09. The van der Waals surface area contributed by atoms with E-state index in [2.05, 4.69) is 10.3 Å². The smallest absolute Gasteiger partial charge is 0.292 e. The lowest BCUT2D eigenvalue weighted by atomic mass is 10.2. The molecule has 7 heteroatoms. The molecule has 0 bridgehead atoms. The van der Waals surface area contributed by atoms with Crippen LogP contribution in [0.2, 0.25) is 5.02 Å². The van der Waals surface area contributed by atoms with Crippen LogP contribution in [0, 0.1) is 10.1 Å². The Morgan fingerprint density at radius 3 is 2.86 bits per heavy atom. The molecule has 1 N–H and O–H groups in total. The Labute approximate surface area is 126 Å². The summed E-state index contributed by atoms with van der Waals surface area (Å²) in [7, 11) is 0. The molecule has 0 saturated heterocycles. The summed E-state index contributed by atoms with van der Waals surface area (Å²) in [5.74, 6) is 0.547. The molecule has 0 aliphatic heterocycles. The van der Waals surface area contributed by atoms with Gasteiger partial charge in [-0.1, -0.05) is 11.6 Å². The Hall–Kier alpha value is -2.34. The number of pyridine rings is 1. The van der Waals surface area contributed by atoms with Gasteiger partial charge in [0, 0.05) is 24.9 Å². The number of nitrogens with zero attached hydrogens (tertiary/aromatic N) is 2. The number of anilines is 1. The molecule has 2 rings (SSSR count). The number of benzene rings is 1. The maximum Gasteiger partial charge on any atom is 0.292 e. The molecule has 0 unspecified atom stereocenters. The minimum Gasteiger partial charge on any atom is -0.487 e. The summed E-state index contributed by atoms with van der Waals surface area (Å²) in [4.78, 5) is 14.4. The highest BCUT2D eigenvalue weighted by molar-refractivity contribution is 6.30. The summed E-state index contributed by atoms with van der Waals surface area (Å²) in [6.45, 7) is 2.76. The normalized spacial score (nSPS) is 10.2. The zero-order valence-corrected chi connectivity index (χ0v) is 12.1. The Bertz CT molecular complexity index is 649. The van der Waals surface area contributed by atoms with Crippen LogP contribution in [0.1, 0.15) is 12.5 Å². The molecular weight excluding hydrogens is 294 g/mol. The van der Waals surface area contributed by atoms with E-state index in [0.717, 1.165) is 5.56 Å². The van der Waals surface area contributed by atoms with Crippen molar-refractivity contribution in [2.24, 2.45) is 0 Å². The Morgan fingerprint density at radius 1 is 1.38 bits per heavy atom. The number of nitro groups is 1. The van der Waals surface area contributed by atoms with Crippen molar-refractivity contribution in [3.8, 4) is 5.75 Å². The molecule has 0 aliphatic rings. The van der Waals surface area contributed by atoms with E-state index in [0.29, 0.717) is 23.0 Å². The fourth-order valence-corrected chi connectivity index (χ4v) is 1.97. The fourth-order valence-electron chi connectivity index (χ4n) is 1.80. The van der Waals surface area contributed by atoms with Gasteiger partial charge >= 0.3 is 0 Å². The predicted octanol–water partition coefficient (Wildman–Crippen LogP) is 3.65. The third kappa shape index (κ3) is 4.06. The maximum absolute atomic E-state index is 10.9. The highest BCUT2D eigenvalue weighted by atomic mass is 35.5. The molecule has 0 spiro atoms. The lowest BCUT2D eigenvalue weighted by Crippen LogP contribution is -2.03. The fraction of sp³-hybridized carbons (Fsp3) is 0.214. The van der Waals surface area contributed by atoms with Crippen molar-refractivity contribution in [1.82, 2.24) is 4.98 Å². The Balaban J connectivity index is 2.13. The second-order valence-corrected chi connectivity index (χ2v) is 4.70. The second-order valence-electron chi connectivity index (χ2n) is 4.27. The van der Waals surface area contributed by atoms with Gasteiger partial charge < -0.3 is 10.1 Å². The van der Waals surface area contributed by atoms with E-state index in [1.807, 2.05) is 6.92 Å². The van der Waals surface area contributed by atoms with Crippen LogP contribution in [0.15, 0.2) is 36.7 Å². The zero-order chi connectivity index (χ0) is 15.2. The van der Waals surface area contributed by atoms with Crippen molar-refractivity contribution in [3.05, 3.63) is 57.4 Å². The van der Waals surface area contributed by atoms with Gasteiger partial charge in [0.25, 0.3) is 5.69 Å². The van der Waals surface area contributed by atoms with Crippen LogP contribution in [0.25, 0.3) is 0 Å². The number of rotatable bonds is 6. The van der Waals surface area contributed by atoms with Crippen molar-refractivity contribution >= 4 is 23.0 Å². The summed E-state index contributed by atoms with van der Waals surface area (Å²) >= 11 is 5.82. The van der Waals surface area contributed by atoms with Gasteiger partial charge in [-0.15, -0.1) is 0 Å². The van der Waals surface area contributed by atoms with E-state index >= 15 is 0 Å². The van der Waals surface area contributed by atoms with Crippen LogP contribution < -0.4 is 10.1 Å². The first-order valence-electron chi connectivity index (χ1n) is 6.34. The predicted molar refractivity (Wildman–Crippen MR) is 80.8 cm³/mol. The van der Waals surface area contributed by atoms with Crippen molar-refractivity contribution in [2.75, 3.05) is 11.9 Å². The molecule has 1 heterocycles. The zero-order valence-electron chi connectivity index (χ0n) is 11.4. The molecule has 21 heavy (non-hydrogen) atoms. The van der Waals surface area contributed by atoms with Gasteiger partial charge in [0.05, 0.1) is 16.1 Å². The Morgan fingerprint density at radius 2 is 2.19 bits per heavy atom. The summed E-state index contributed by atoms with van der Waals surface area (Å²) in [5, 5.41) is 14.4. The number of aromatic nitrogens is 1. The lowest BCUT2D eigenvalue weighted by molar-refractivity contribution is -0.384. The molecule has 0 saturated carbocycles. The number of ether oxygens (including phenoxy) is 1. The van der Waals surface area contributed by atoms with Gasteiger partial charge in [-0.2, -0.15) is 0 Å². The molecule has 0 fully saturated rings. The molecule has 0 radical (unpaired) electrons. The van der Waals surface area contributed by atoms with Gasteiger partial charge in [0.15, 0.2) is 0 Å². The van der Waals surface area contributed by atoms with Crippen LogP contribution in [0.4, 0.5) is 11.4 Å². The Kier molecular flexibility index (Phi) is 4.94. The van der Waals surface area contributed by atoms with E-state index in [1.54, 1.807) is 24.4 Å². The topological polar surface area (TPSA) is 77.3 Å². The standard InChI is InChI=1S/C14H14ClN3O3/c1-2-17-13-5-10(3-4-14(13)18(19)20)9-21-12-6-11(15)7-16-8-12/h3-8,17H,2,9H2,1H3.